The van der Waals surface area contributed by atoms with Crippen LogP contribution in [0.1, 0.15) is 26.2 Å². The zero-order chi connectivity index (χ0) is 12.0. The van der Waals surface area contributed by atoms with Gasteiger partial charge in [0.1, 0.15) is 0 Å². The van der Waals surface area contributed by atoms with Crippen LogP contribution >= 0.6 is 0 Å². The van der Waals surface area contributed by atoms with E-state index in [1.165, 1.54) is 0 Å². The molecule has 1 amide bonds. The normalized spacial score (nSPS) is 26.4. The highest BCUT2D eigenvalue weighted by atomic mass is 16.3. The van der Waals surface area contributed by atoms with E-state index >= 15 is 0 Å². The first-order valence-electron chi connectivity index (χ1n) is 5.95. The Hall–Kier alpha value is -0.870. The van der Waals surface area contributed by atoms with E-state index in [2.05, 4.69) is 17.2 Å². The highest BCUT2D eigenvalue weighted by Crippen LogP contribution is 2.24. The molecule has 0 saturated heterocycles. The SMILES string of the molecule is C=CCNC(=O)C(C)NCC1CCCC1O. The van der Waals surface area contributed by atoms with E-state index in [1.54, 1.807) is 6.08 Å². The van der Waals surface area contributed by atoms with E-state index in [4.69, 9.17) is 0 Å². The molecule has 0 bridgehead atoms. The minimum atomic E-state index is -0.215. The van der Waals surface area contributed by atoms with Gasteiger partial charge in [-0.2, -0.15) is 0 Å². The Morgan fingerprint density at radius 3 is 2.94 bits per heavy atom. The van der Waals surface area contributed by atoms with Crippen LogP contribution in [0.2, 0.25) is 0 Å². The molecule has 0 aromatic carbocycles. The average molecular weight is 226 g/mol. The van der Waals surface area contributed by atoms with Crippen LogP contribution in [-0.4, -0.2) is 36.2 Å². The summed E-state index contributed by atoms with van der Waals surface area (Å²) in [7, 11) is 0. The third kappa shape index (κ3) is 3.94. The summed E-state index contributed by atoms with van der Waals surface area (Å²) in [6.45, 7) is 6.58. The first kappa shape index (κ1) is 13.2. The number of hydrogen-bond acceptors (Lipinski definition) is 3. The molecule has 4 nitrogen and oxygen atoms in total. The molecule has 0 spiro atoms. The molecule has 1 aliphatic carbocycles. The molecule has 1 saturated carbocycles. The Morgan fingerprint density at radius 1 is 1.62 bits per heavy atom. The van der Waals surface area contributed by atoms with Crippen LogP contribution in [0.25, 0.3) is 0 Å². The molecule has 0 aromatic heterocycles. The third-order valence-electron chi connectivity index (χ3n) is 3.12. The van der Waals surface area contributed by atoms with Crippen molar-refractivity contribution >= 4 is 5.91 Å². The summed E-state index contributed by atoms with van der Waals surface area (Å²) in [5, 5.41) is 15.5. The first-order chi connectivity index (χ1) is 7.65. The van der Waals surface area contributed by atoms with E-state index in [0.29, 0.717) is 19.0 Å². The summed E-state index contributed by atoms with van der Waals surface area (Å²) in [4.78, 5) is 11.5. The summed E-state index contributed by atoms with van der Waals surface area (Å²) >= 11 is 0. The fourth-order valence-electron chi connectivity index (χ4n) is 2.00. The van der Waals surface area contributed by atoms with Gasteiger partial charge in [0.15, 0.2) is 0 Å². The molecule has 3 atom stereocenters. The summed E-state index contributed by atoms with van der Waals surface area (Å²) in [6.07, 6.45) is 4.49. The lowest BCUT2D eigenvalue weighted by atomic mass is 10.1. The molecule has 3 N–H and O–H groups in total. The van der Waals surface area contributed by atoms with Gasteiger partial charge in [0.05, 0.1) is 12.1 Å². The quantitative estimate of drug-likeness (QED) is 0.576. The van der Waals surface area contributed by atoms with E-state index in [1.807, 2.05) is 6.92 Å². The van der Waals surface area contributed by atoms with Crippen molar-refractivity contribution in [3.63, 3.8) is 0 Å². The fraction of sp³-hybridized carbons (Fsp3) is 0.750. The Kier molecular flexibility index (Phi) is 5.49. The maximum Gasteiger partial charge on any atom is 0.237 e. The largest absolute Gasteiger partial charge is 0.393 e. The van der Waals surface area contributed by atoms with Gasteiger partial charge >= 0.3 is 0 Å². The molecule has 1 fully saturated rings. The lowest BCUT2D eigenvalue weighted by Crippen LogP contribution is -2.44. The second-order valence-corrected chi connectivity index (χ2v) is 4.42. The number of hydrogen-bond donors (Lipinski definition) is 3. The summed E-state index contributed by atoms with van der Waals surface area (Å²) in [5.74, 6) is 0.280. The number of aliphatic hydroxyl groups is 1. The predicted molar refractivity (Wildman–Crippen MR) is 64.0 cm³/mol. The molecule has 0 aromatic rings. The molecule has 0 heterocycles. The second-order valence-electron chi connectivity index (χ2n) is 4.42. The van der Waals surface area contributed by atoms with Crippen LogP contribution in [0.3, 0.4) is 0 Å². The molecule has 0 aliphatic heterocycles. The number of aliphatic hydroxyl groups excluding tert-OH is 1. The lowest BCUT2D eigenvalue weighted by Gasteiger charge is -2.18. The molecule has 92 valence electrons. The molecule has 4 heteroatoms. The van der Waals surface area contributed by atoms with Gasteiger partial charge in [-0.3, -0.25) is 4.79 Å². The molecular formula is C12H22N2O2. The van der Waals surface area contributed by atoms with Gasteiger partial charge in [-0.1, -0.05) is 12.5 Å². The minimum absolute atomic E-state index is 0.0209. The van der Waals surface area contributed by atoms with Crippen LogP contribution in [0.15, 0.2) is 12.7 Å². The number of amides is 1. The number of carbonyl (C=O) groups excluding carboxylic acids is 1. The standard InChI is InChI=1S/C12H22N2O2/c1-3-7-13-12(16)9(2)14-8-10-5-4-6-11(10)15/h3,9-11,14-15H,1,4-8H2,2H3,(H,13,16). The number of carbonyl (C=O) groups is 1. The highest BCUT2D eigenvalue weighted by Gasteiger charge is 2.25. The molecule has 0 radical (unpaired) electrons. The Balaban J connectivity index is 2.20. The van der Waals surface area contributed by atoms with E-state index < -0.39 is 0 Å². The summed E-state index contributed by atoms with van der Waals surface area (Å²) in [6, 6.07) is -0.215. The number of rotatable bonds is 6. The van der Waals surface area contributed by atoms with Crippen LogP contribution in [0.4, 0.5) is 0 Å². The number of nitrogens with one attached hydrogen (secondary N) is 2. The molecule has 16 heavy (non-hydrogen) atoms. The van der Waals surface area contributed by atoms with Crippen molar-refractivity contribution in [3.8, 4) is 0 Å². The minimum Gasteiger partial charge on any atom is -0.393 e. The highest BCUT2D eigenvalue weighted by molar-refractivity contribution is 5.81. The van der Waals surface area contributed by atoms with Gasteiger partial charge in [0.2, 0.25) is 5.91 Å². The van der Waals surface area contributed by atoms with Crippen molar-refractivity contribution in [2.75, 3.05) is 13.1 Å². The summed E-state index contributed by atoms with van der Waals surface area (Å²) in [5.41, 5.74) is 0. The van der Waals surface area contributed by atoms with Crippen molar-refractivity contribution in [3.05, 3.63) is 12.7 Å². The third-order valence-corrected chi connectivity index (χ3v) is 3.12. The lowest BCUT2D eigenvalue weighted by molar-refractivity contribution is -0.122. The zero-order valence-corrected chi connectivity index (χ0v) is 9.91. The molecule has 1 aliphatic rings. The molecule has 3 unspecified atom stereocenters. The van der Waals surface area contributed by atoms with Gasteiger partial charge in [0.25, 0.3) is 0 Å². The van der Waals surface area contributed by atoms with E-state index in [-0.39, 0.29) is 18.1 Å². The van der Waals surface area contributed by atoms with Crippen molar-refractivity contribution < 1.29 is 9.90 Å². The van der Waals surface area contributed by atoms with Gasteiger partial charge in [0, 0.05) is 13.1 Å². The smallest absolute Gasteiger partial charge is 0.237 e. The van der Waals surface area contributed by atoms with Crippen LogP contribution < -0.4 is 10.6 Å². The predicted octanol–water partition coefficient (Wildman–Crippen LogP) is 0.428. The van der Waals surface area contributed by atoms with Gasteiger partial charge in [-0.25, -0.2) is 0 Å². The molecular weight excluding hydrogens is 204 g/mol. The Bertz CT molecular complexity index is 243. The van der Waals surface area contributed by atoms with Crippen molar-refractivity contribution in [2.24, 2.45) is 5.92 Å². The maximum absolute atomic E-state index is 11.5. The summed E-state index contributed by atoms with van der Waals surface area (Å²) < 4.78 is 0. The van der Waals surface area contributed by atoms with Crippen molar-refractivity contribution in [1.82, 2.24) is 10.6 Å². The second kappa shape index (κ2) is 6.66. The monoisotopic (exact) mass is 226 g/mol. The fourth-order valence-corrected chi connectivity index (χ4v) is 2.00. The Morgan fingerprint density at radius 2 is 2.38 bits per heavy atom. The zero-order valence-electron chi connectivity index (χ0n) is 9.91. The van der Waals surface area contributed by atoms with Crippen molar-refractivity contribution in [2.45, 2.75) is 38.3 Å². The van der Waals surface area contributed by atoms with Crippen LogP contribution in [0, 0.1) is 5.92 Å². The maximum atomic E-state index is 11.5. The first-order valence-corrected chi connectivity index (χ1v) is 5.95. The Labute approximate surface area is 97.1 Å². The molecule has 1 rings (SSSR count). The van der Waals surface area contributed by atoms with E-state index in [9.17, 15) is 9.90 Å². The van der Waals surface area contributed by atoms with Gasteiger partial charge in [-0.05, 0) is 25.7 Å². The topological polar surface area (TPSA) is 61.4 Å². The average Bonchev–Trinajstić information content (AvgIpc) is 2.68. The van der Waals surface area contributed by atoms with E-state index in [0.717, 1.165) is 19.3 Å². The van der Waals surface area contributed by atoms with Crippen LogP contribution in [0.5, 0.6) is 0 Å². The van der Waals surface area contributed by atoms with Gasteiger partial charge in [-0.15, -0.1) is 6.58 Å². The van der Waals surface area contributed by atoms with Crippen molar-refractivity contribution in [1.29, 1.82) is 0 Å². The van der Waals surface area contributed by atoms with Crippen LogP contribution in [-0.2, 0) is 4.79 Å². The van der Waals surface area contributed by atoms with Gasteiger partial charge < -0.3 is 15.7 Å².